The van der Waals surface area contributed by atoms with Crippen LogP contribution in [0.1, 0.15) is 27.3 Å². The quantitative estimate of drug-likeness (QED) is 0.375. The van der Waals surface area contributed by atoms with Gasteiger partial charge in [0, 0.05) is 23.9 Å². The first-order valence-corrected chi connectivity index (χ1v) is 10.9. The van der Waals surface area contributed by atoms with Gasteiger partial charge in [-0.15, -0.1) is 0 Å². The number of nitrogens with zero attached hydrogens (tertiary/aromatic N) is 3. The third-order valence-electron chi connectivity index (χ3n) is 5.57. The number of aliphatic imine (C=N–C) groups is 1. The predicted octanol–water partition coefficient (Wildman–Crippen LogP) is 3.47. The lowest BCUT2D eigenvalue weighted by Crippen LogP contribution is -2.36. The highest BCUT2D eigenvalue weighted by Crippen LogP contribution is 2.38. The standard InChI is InChI=1S/C25H31N5O5/c1-15-18(16(2)30(3)29-15)14-26-25(27-19-10-8-9-11-20(19)32-4)28-24(31)17-12-21(33-5)23(35-7)22(13-17)34-6/h8-13H,14H2,1-7H3,(H2,26,27,28,31). The number of hydrogen-bond donors (Lipinski definition) is 2. The van der Waals surface area contributed by atoms with Crippen molar-refractivity contribution in [3.63, 3.8) is 0 Å². The number of benzene rings is 2. The van der Waals surface area contributed by atoms with Crippen molar-refractivity contribution < 1.29 is 23.7 Å². The van der Waals surface area contributed by atoms with E-state index in [0.29, 0.717) is 40.8 Å². The molecule has 0 aliphatic heterocycles. The molecule has 1 aromatic heterocycles. The fraction of sp³-hybridized carbons (Fsp3) is 0.320. The summed E-state index contributed by atoms with van der Waals surface area (Å²) < 4.78 is 23.3. The molecule has 10 heteroatoms. The lowest BCUT2D eigenvalue weighted by atomic mass is 10.1. The molecule has 3 aromatic rings. The van der Waals surface area contributed by atoms with Gasteiger partial charge in [0.05, 0.1) is 46.4 Å². The van der Waals surface area contributed by atoms with E-state index in [-0.39, 0.29) is 5.96 Å². The molecule has 0 bridgehead atoms. The Labute approximate surface area is 204 Å². The molecule has 0 fully saturated rings. The molecular weight excluding hydrogens is 450 g/mol. The first kappa shape index (κ1) is 25.4. The minimum atomic E-state index is -0.412. The summed E-state index contributed by atoms with van der Waals surface area (Å²) >= 11 is 0. The average molecular weight is 482 g/mol. The molecule has 0 aliphatic rings. The van der Waals surface area contributed by atoms with E-state index in [1.54, 1.807) is 19.2 Å². The Bertz CT molecular complexity index is 1210. The van der Waals surface area contributed by atoms with Crippen molar-refractivity contribution >= 4 is 17.6 Å². The molecule has 2 N–H and O–H groups in total. The van der Waals surface area contributed by atoms with Gasteiger partial charge in [-0.05, 0) is 38.1 Å². The Morgan fingerprint density at radius 1 is 0.971 bits per heavy atom. The second kappa shape index (κ2) is 11.3. The summed E-state index contributed by atoms with van der Waals surface area (Å²) in [4.78, 5) is 17.9. The highest BCUT2D eigenvalue weighted by Gasteiger charge is 2.19. The zero-order chi connectivity index (χ0) is 25.5. The fourth-order valence-electron chi connectivity index (χ4n) is 3.58. The van der Waals surface area contributed by atoms with Crippen molar-refractivity contribution in [2.75, 3.05) is 33.8 Å². The largest absolute Gasteiger partial charge is 0.495 e. The summed E-state index contributed by atoms with van der Waals surface area (Å²) in [7, 11) is 7.95. The van der Waals surface area contributed by atoms with Crippen LogP contribution in [0.15, 0.2) is 41.4 Å². The number of amides is 1. The van der Waals surface area contributed by atoms with Gasteiger partial charge >= 0.3 is 0 Å². The number of methoxy groups -OCH3 is 4. The minimum absolute atomic E-state index is 0.246. The number of nitrogens with one attached hydrogen (secondary N) is 2. The molecule has 0 spiro atoms. The van der Waals surface area contributed by atoms with Crippen molar-refractivity contribution in [2.24, 2.45) is 12.0 Å². The molecule has 186 valence electrons. The molecule has 0 radical (unpaired) electrons. The van der Waals surface area contributed by atoms with Crippen molar-refractivity contribution in [3.8, 4) is 23.0 Å². The van der Waals surface area contributed by atoms with E-state index >= 15 is 0 Å². The Morgan fingerprint density at radius 2 is 1.60 bits per heavy atom. The molecule has 0 atom stereocenters. The van der Waals surface area contributed by atoms with Crippen LogP contribution in [0.25, 0.3) is 0 Å². The molecule has 0 saturated heterocycles. The van der Waals surface area contributed by atoms with Gasteiger partial charge in [0.2, 0.25) is 11.7 Å². The number of para-hydroxylation sites is 2. The monoisotopic (exact) mass is 481 g/mol. The SMILES string of the molecule is COc1ccccc1NC(=NCc1c(C)nn(C)c1C)NC(=O)c1cc(OC)c(OC)c(OC)c1. The fourth-order valence-corrected chi connectivity index (χ4v) is 3.58. The Hall–Kier alpha value is -4.21. The zero-order valence-electron chi connectivity index (χ0n) is 21.1. The average Bonchev–Trinajstić information content (AvgIpc) is 3.11. The Balaban J connectivity index is 1.96. The van der Waals surface area contributed by atoms with E-state index in [1.807, 2.05) is 49.8 Å². The number of rotatable bonds is 8. The van der Waals surface area contributed by atoms with Crippen LogP contribution < -0.4 is 29.6 Å². The number of guanidine groups is 1. The van der Waals surface area contributed by atoms with Crippen molar-refractivity contribution in [3.05, 3.63) is 58.9 Å². The van der Waals surface area contributed by atoms with Crippen LogP contribution in [0.3, 0.4) is 0 Å². The molecular formula is C25H31N5O5. The van der Waals surface area contributed by atoms with Crippen molar-refractivity contribution in [1.29, 1.82) is 0 Å². The van der Waals surface area contributed by atoms with E-state index in [0.717, 1.165) is 17.0 Å². The Morgan fingerprint density at radius 3 is 2.14 bits per heavy atom. The molecule has 3 rings (SSSR count). The summed E-state index contributed by atoms with van der Waals surface area (Å²) in [5, 5.41) is 10.5. The minimum Gasteiger partial charge on any atom is -0.495 e. The lowest BCUT2D eigenvalue weighted by molar-refractivity contribution is 0.0976. The van der Waals surface area contributed by atoms with Gasteiger partial charge in [0.25, 0.3) is 5.91 Å². The molecule has 0 saturated carbocycles. The smallest absolute Gasteiger partial charge is 0.258 e. The highest BCUT2D eigenvalue weighted by molar-refractivity contribution is 6.10. The number of aromatic nitrogens is 2. The zero-order valence-corrected chi connectivity index (χ0v) is 21.1. The predicted molar refractivity (Wildman–Crippen MR) is 134 cm³/mol. The van der Waals surface area contributed by atoms with Gasteiger partial charge in [0.15, 0.2) is 11.5 Å². The van der Waals surface area contributed by atoms with Crippen LogP contribution in [0.2, 0.25) is 0 Å². The van der Waals surface area contributed by atoms with Crippen molar-refractivity contribution in [1.82, 2.24) is 15.1 Å². The topological polar surface area (TPSA) is 108 Å². The molecule has 1 amide bonds. The second-order valence-corrected chi connectivity index (χ2v) is 7.63. The first-order chi connectivity index (χ1) is 16.8. The molecule has 0 unspecified atom stereocenters. The lowest BCUT2D eigenvalue weighted by Gasteiger charge is -2.16. The van der Waals surface area contributed by atoms with Gasteiger partial charge in [0.1, 0.15) is 5.75 Å². The summed E-state index contributed by atoms with van der Waals surface area (Å²) in [6, 6.07) is 10.5. The third kappa shape index (κ3) is 5.65. The summed E-state index contributed by atoms with van der Waals surface area (Å²) in [6.07, 6.45) is 0. The summed E-state index contributed by atoms with van der Waals surface area (Å²) in [6.45, 7) is 4.23. The van der Waals surface area contributed by atoms with E-state index in [1.165, 1.54) is 21.3 Å². The van der Waals surface area contributed by atoms with E-state index < -0.39 is 5.91 Å². The molecule has 0 aliphatic carbocycles. The Kier molecular flexibility index (Phi) is 8.19. The number of ether oxygens (including phenoxy) is 4. The maximum Gasteiger partial charge on any atom is 0.258 e. The second-order valence-electron chi connectivity index (χ2n) is 7.63. The third-order valence-corrected chi connectivity index (χ3v) is 5.57. The van der Waals surface area contributed by atoms with Gasteiger partial charge in [-0.25, -0.2) is 4.99 Å². The number of hydrogen-bond acceptors (Lipinski definition) is 7. The van der Waals surface area contributed by atoms with Gasteiger partial charge in [-0.3, -0.25) is 14.8 Å². The van der Waals surface area contributed by atoms with Crippen LogP contribution in [-0.4, -0.2) is 50.1 Å². The van der Waals surface area contributed by atoms with Gasteiger partial charge in [-0.1, -0.05) is 12.1 Å². The van der Waals surface area contributed by atoms with Gasteiger partial charge < -0.3 is 24.3 Å². The summed E-state index contributed by atoms with van der Waals surface area (Å²) in [5.41, 5.74) is 3.82. The molecule has 10 nitrogen and oxygen atoms in total. The van der Waals surface area contributed by atoms with E-state index in [2.05, 4.69) is 20.7 Å². The number of anilines is 1. The van der Waals surface area contributed by atoms with E-state index in [9.17, 15) is 4.79 Å². The van der Waals surface area contributed by atoms with Crippen molar-refractivity contribution in [2.45, 2.75) is 20.4 Å². The highest BCUT2D eigenvalue weighted by atomic mass is 16.5. The van der Waals surface area contributed by atoms with E-state index in [4.69, 9.17) is 18.9 Å². The number of carbonyl (C=O) groups is 1. The van der Waals surface area contributed by atoms with Crippen LogP contribution >= 0.6 is 0 Å². The molecule has 1 heterocycles. The van der Waals surface area contributed by atoms with Crippen LogP contribution in [0.5, 0.6) is 23.0 Å². The first-order valence-electron chi connectivity index (χ1n) is 10.9. The number of carbonyl (C=O) groups excluding carboxylic acids is 1. The molecule has 35 heavy (non-hydrogen) atoms. The maximum absolute atomic E-state index is 13.3. The van der Waals surface area contributed by atoms with Gasteiger partial charge in [-0.2, -0.15) is 5.10 Å². The molecule has 2 aromatic carbocycles. The number of aryl methyl sites for hydroxylation is 2. The summed E-state index contributed by atoms with van der Waals surface area (Å²) in [5.74, 6) is 1.58. The van der Waals surface area contributed by atoms with Crippen LogP contribution in [0, 0.1) is 13.8 Å². The maximum atomic E-state index is 13.3. The normalized spacial score (nSPS) is 11.1. The van der Waals surface area contributed by atoms with Crippen LogP contribution in [-0.2, 0) is 13.6 Å². The van der Waals surface area contributed by atoms with Crippen LogP contribution in [0.4, 0.5) is 5.69 Å².